The molecule has 246 valence electrons. The Balaban J connectivity index is 1.17. The van der Waals surface area contributed by atoms with Gasteiger partial charge < -0.3 is 20.4 Å². The molecule has 48 heavy (non-hydrogen) atoms. The van der Waals surface area contributed by atoms with Gasteiger partial charge in [-0.1, -0.05) is 127 Å². The van der Waals surface area contributed by atoms with Crippen LogP contribution in [0.1, 0.15) is 46.5 Å². The van der Waals surface area contributed by atoms with Crippen LogP contribution in [-0.4, -0.2) is 72.6 Å². The number of pyridine rings is 1. The van der Waals surface area contributed by atoms with Crippen molar-refractivity contribution in [3.63, 3.8) is 0 Å². The number of hydrogen-bond acceptors (Lipinski definition) is 7. The molecule has 0 saturated carbocycles. The molecule has 0 aliphatic carbocycles. The SMILES string of the molecule is O[C@@H]1C[C@@H](C(O)(c2ccccc2)c2ccccc2)N(Cc2cccc(CN3C[C@@H](O)C[C@H]3C(O)(c3ccccc3)c3ccccc3)n2)C1. The molecule has 2 aliphatic rings. The third kappa shape index (κ3) is 6.21. The van der Waals surface area contributed by atoms with Crippen LogP contribution in [0, 0.1) is 0 Å². The lowest BCUT2D eigenvalue weighted by atomic mass is 9.79. The molecule has 3 heterocycles. The highest BCUT2D eigenvalue weighted by Gasteiger charge is 2.49. The fourth-order valence-corrected chi connectivity index (χ4v) is 7.97. The van der Waals surface area contributed by atoms with Crippen LogP contribution in [0.3, 0.4) is 0 Å². The van der Waals surface area contributed by atoms with Crippen molar-refractivity contribution in [2.45, 2.75) is 61.4 Å². The molecule has 7 rings (SSSR count). The van der Waals surface area contributed by atoms with E-state index in [1.807, 2.05) is 140 Å². The van der Waals surface area contributed by atoms with Gasteiger partial charge in [0.25, 0.3) is 0 Å². The number of aliphatic hydroxyl groups is 4. The second-order valence-electron chi connectivity index (χ2n) is 13.3. The van der Waals surface area contributed by atoms with E-state index in [2.05, 4.69) is 9.80 Å². The lowest BCUT2D eigenvalue weighted by Crippen LogP contribution is -2.48. The van der Waals surface area contributed by atoms with Gasteiger partial charge in [-0.2, -0.15) is 0 Å². The average molecular weight is 642 g/mol. The summed E-state index contributed by atoms with van der Waals surface area (Å²) in [4.78, 5) is 9.35. The van der Waals surface area contributed by atoms with Gasteiger partial charge in [0.2, 0.25) is 0 Å². The number of likely N-dealkylation sites (tertiary alicyclic amines) is 2. The fraction of sp³-hybridized carbons (Fsp3) is 0.293. The Morgan fingerprint density at radius 3 is 1.10 bits per heavy atom. The smallest absolute Gasteiger partial charge is 0.130 e. The first-order valence-corrected chi connectivity index (χ1v) is 16.8. The Morgan fingerprint density at radius 1 is 0.479 bits per heavy atom. The Morgan fingerprint density at radius 2 is 0.792 bits per heavy atom. The van der Waals surface area contributed by atoms with Crippen molar-refractivity contribution in [1.82, 2.24) is 14.8 Å². The topological polar surface area (TPSA) is 100 Å². The van der Waals surface area contributed by atoms with Crippen molar-refractivity contribution in [3.05, 3.63) is 173 Å². The lowest BCUT2D eigenvalue weighted by molar-refractivity contribution is -0.00793. The summed E-state index contributed by atoms with van der Waals surface area (Å²) in [5, 5.41) is 47.0. The summed E-state index contributed by atoms with van der Waals surface area (Å²) in [6.45, 7) is 1.73. The summed E-state index contributed by atoms with van der Waals surface area (Å²) in [5.74, 6) is 0. The first-order valence-electron chi connectivity index (χ1n) is 16.8. The molecule has 7 heteroatoms. The van der Waals surface area contributed by atoms with Crippen LogP contribution in [-0.2, 0) is 24.3 Å². The minimum absolute atomic E-state index is 0.382. The molecule has 5 aromatic rings. The minimum atomic E-state index is -1.34. The van der Waals surface area contributed by atoms with Crippen LogP contribution in [0.15, 0.2) is 140 Å². The maximum Gasteiger partial charge on any atom is 0.130 e. The molecule has 4 aromatic carbocycles. The van der Waals surface area contributed by atoms with E-state index in [1.165, 1.54) is 0 Å². The number of hydrogen-bond donors (Lipinski definition) is 4. The van der Waals surface area contributed by atoms with E-state index >= 15 is 0 Å². The van der Waals surface area contributed by atoms with Crippen molar-refractivity contribution in [2.75, 3.05) is 13.1 Å². The highest BCUT2D eigenvalue weighted by molar-refractivity contribution is 5.40. The van der Waals surface area contributed by atoms with Crippen molar-refractivity contribution < 1.29 is 20.4 Å². The summed E-state index contributed by atoms with van der Waals surface area (Å²) in [5.41, 5.74) is 2.11. The molecule has 2 saturated heterocycles. The lowest BCUT2D eigenvalue weighted by Gasteiger charge is -2.40. The Hall–Kier alpha value is -4.21. The van der Waals surface area contributed by atoms with Gasteiger partial charge in [0.1, 0.15) is 11.2 Å². The normalized spacial score (nSPS) is 22.2. The molecule has 0 bridgehead atoms. The third-order valence-electron chi connectivity index (χ3n) is 10.2. The minimum Gasteiger partial charge on any atom is -0.392 e. The number of aliphatic hydroxyl groups excluding tert-OH is 2. The largest absolute Gasteiger partial charge is 0.392 e. The van der Waals surface area contributed by atoms with Crippen LogP contribution in [0.2, 0.25) is 0 Å². The Labute approximate surface area is 282 Å². The average Bonchev–Trinajstić information content (AvgIpc) is 3.70. The molecule has 0 spiro atoms. The Bertz CT molecular complexity index is 1570. The summed E-state index contributed by atoms with van der Waals surface area (Å²) in [6.07, 6.45) is -0.328. The van der Waals surface area contributed by atoms with Gasteiger partial charge in [-0.15, -0.1) is 0 Å². The number of aromatic nitrogens is 1. The number of rotatable bonds is 10. The molecular formula is C41H43N3O4. The third-order valence-corrected chi connectivity index (χ3v) is 10.2. The zero-order valence-electron chi connectivity index (χ0n) is 27.0. The van der Waals surface area contributed by atoms with Gasteiger partial charge in [0.05, 0.1) is 23.6 Å². The summed E-state index contributed by atoms with van der Waals surface area (Å²) >= 11 is 0. The molecule has 2 fully saturated rings. The fourth-order valence-electron chi connectivity index (χ4n) is 7.97. The van der Waals surface area contributed by atoms with Crippen molar-refractivity contribution in [3.8, 4) is 0 Å². The van der Waals surface area contributed by atoms with Gasteiger partial charge in [-0.05, 0) is 47.2 Å². The molecule has 4 N–H and O–H groups in total. The van der Waals surface area contributed by atoms with Gasteiger partial charge in [-0.25, -0.2) is 0 Å². The van der Waals surface area contributed by atoms with Crippen LogP contribution >= 0.6 is 0 Å². The standard InChI is InChI=1S/C41H43N3O4/c45-36-24-38(40(47,30-14-5-1-6-15-30)31-16-7-2-8-17-31)43(28-36)26-34-22-13-23-35(42-34)27-44-29-37(46)25-39(44)41(48,32-18-9-3-10-19-32)33-20-11-4-12-21-33/h1-23,36-39,45-48H,24-29H2/t36-,37+,38-,39-/m0/s1. The highest BCUT2D eigenvalue weighted by Crippen LogP contribution is 2.42. The molecule has 0 unspecified atom stereocenters. The first kappa shape index (κ1) is 32.3. The molecular weight excluding hydrogens is 598 g/mol. The van der Waals surface area contributed by atoms with Gasteiger partial charge in [0, 0.05) is 38.3 Å². The van der Waals surface area contributed by atoms with E-state index in [9.17, 15) is 20.4 Å². The van der Waals surface area contributed by atoms with Crippen molar-refractivity contribution in [2.24, 2.45) is 0 Å². The van der Waals surface area contributed by atoms with E-state index in [1.54, 1.807) is 0 Å². The highest BCUT2D eigenvalue weighted by atomic mass is 16.3. The van der Waals surface area contributed by atoms with E-state index in [0.717, 1.165) is 33.6 Å². The molecule has 4 atom stereocenters. The molecule has 0 radical (unpaired) electrons. The van der Waals surface area contributed by atoms with Crippen LogP contribution in [0.5, 0.6) is 0 Å². The van der Waals surface area contributed by atoms with Gasteiger partial charge in [-0.3, -0.25) is 14.8 Å². The monoisotopic (exact) mass is 641 g/mol. The Kier molecular flexibility index (Phi) is 9.25. The van der Waals surface area contributed by atoms with Crippen molar-refractivity contribution >= 4 is 0 Å². The second kappa shape index (κ2) is 13.7. The zero-order valence-corrected chi connectivity index (χ0v) is 27.0. The van der Waals surface area contributed by atoms with Crippen LogP contribution in [0.25, 0.3) is 0 Å². The van der Waals surface area contributed by atoms with E-state index < -0.39 is 23.4 Å². The van der Waals surface area contributed by atoms with E-state index in [0.29, 0.717) is 39.0 Å². The molecule has 0 amide bonds. The second-order valence-corrected chi connectivity index (χ2v) is 13.3. The predicted molar refractivity (Wildman–Crippen MR) is 186 cm³/mol. The van der Waals surface area contributed by atoms with Crippen LogP contribution in [0.4, 0.5) is 0 Å². The summed E-state index contributed by atoms with van der Waals surface area (Å²) < 4.78 is 0. The summed E-state index contributed by atoms with van der Waals surface area (Å²) in [6, 6.07) is 44.0. The van der Waals surface area contributed by atoms with E-state index in [4.69, 9.17) is 4.98 Å². The molecule has 1 aromatic heterocycles. The number of benzene rings is 4. The maximum atomic E-state index is 12.6. The summed E-state index contributed by atoms with van der Waals surface area (Å²) in [7, 11) is 0. The molecule has 7 nitrogen and oxygen atoms in total. The number of β-amino-alcohol motifs (C(OH)–C–C–N with tert-alkyl or cyclic N) is 2. The van der Waals surface area contributed by atoms with Gasteiger partial charge in [0.15, 0.2) is 0 Å². The zero-order chi connectivity index (χ0) is 33.1. The molecule has 2 aliphatic heterocycles. The van der Waals surface area contributed by atoms with Gasteiger partial charge >= 0.3 is 0 Å². The predicted octanol–water partition coefficient (Wildman–Crippen LogP) is 4.82. The first-order chi connectivity index (χ1) is 23.4. The number of nitrogens with zero attached hydrogens (tertiary/aromatic N) is 3. The maximum absolute atomic E-state index is 12.6. The van der Waals surface area contributed by atoms with Crippen molar-refractivity contribution in [1.29, 1.82) is 0 Å². The van der Waals surface area contributed by atoms with E-state index in [-0.39, 0.29) is 12.1 Å². The quantitative estimate of drug-likeness (QED) is 0.174. The van der Waals surface area contributed by atoms with Crippen LogP contribution < -0.4 is 0 Å².